The number of halogens is 10. The van der Waals surface area contributed by atoms with E-state index in [1.807, 2.05) is 0 Å². The van der Waals surface area contributed by atoms with E-state index in [1.165, 1.54) is 0 Å². The van der Waals surface area contributed by atoms with Gasteiger partial charge in [-0.15, -0.1) is 0 Å². The van der Waals surface area contributed by atoms with E-state index in [-0.39, 0.29) is 12.1 Å². The summed E-state index contributed by atoms with van der Waals surface area (Å²) in [5, 5.41) is 10.3. The predicted octanol–water partition coefficient (Wildman–Crippen LogP) is 4.66. The zero-order chi connectivity index (χ0) is 18.4. The van der Waals surface area contributed by atoms with Crippen molar-refractivity contribution in [3.8, 4) is 0 Å². The van der Waals surface area contributed by atoms with E-state index < -0.39 is 52.0 Å². The van der Waals surface area contributed by atoms with E-state index >= 15 is 0 Å². The normalized spacial score (nSPS) is 14.0. The van der Waals surface area contributed by atoms with E-state index in [0.717, 1.165) is 0 Å². The third-order valence-corrected chi connectivity index (χ3v) is 2.65. The highest BCUT2D eigenvalue weighted by Gasteiger charge is 2.82. The van der Waals surface area contributed by atoms with E-state index in [0.29, 0.717) is 0 Å². The van der Waals surface area contributed by atoms with Crippen molar-refractivity contribution in [3.05, 3.63) is 39.7 Å². The zero-order valence-corrected chi connectivity index (χ0v) is 10.3. The van der Waals surface area contributed by atoms with Gasteiger partial charge in [-0.1, -0.05) is 0 Å². The van der Waals surface area contributed by atoms with E-state index in [1.54, 1.807) is 0 Å². The first kappa shape index (κ1) is 19.0. The van der Waals surface area contributed by atoms with Gasteiger partial charge in [0.2, 0.25) is 5.82 Å². The summed E-state index contributed by atoms with van der Waals surface area (Å²) in [7, 11) is 0. The Hall–Kier alpha value is -2.08. The zero-order valence-electron chi connectivity index (χ0n) is 10.3. The van der Waals surface area contributed by atoms with Crippen molar-refractivity contribution in [3.63, 3.8) is 0 Å². The molecular formula is C10H3F10NO2. The van der Waals surface area contributed by atoms with Gasteiger partial charge in [-0.25, -0.2) is 0 Å². The van der Waals surface area contributed by atoms with Crippen LogP contribution in [0, 0.1) is 15.9 Å². The van der Waals surface area contributed by atoms with Gasteiger partial charge in [0.1, 0.15) is 0 Å². The lowest BCUT2D eigenvalue weighted by Gasteiger charge is -2.33. The van der Waals surface area contributed by atoms with Crippen molar-refractivity contribution in [2.45, 2.75) is 23.9 Å². The van der Waals surface area contributed by atoms with Crippen LogP contribution in [0.3, 0.4) is 0 Å². The standard InChI is InChI=1S/C10H3F10NO2/c11-5-2-1-4(3-6(5)21(22)23)7(12,13)8(14,15)9(16,17)10(18,19)20/h1-3H. The van der Waals surface area contributed by atoms with Gasteiger partial charge in [0.05, 0.1) is 4.92 Å². The van der Waals surface area contributed by atoms with Gasteiger partial charge in [0.25, 0.3) is 0 Å². The van der Waals surface area contributed by atoms with Crippen LogP contribution in [0.5, 0.6) is 0 Å². The topological polar surface area (TPSA) is 43.1 Å². The Kier molecular flexibility index (Phi) is 4.31. The number of alkyl halides is 9. The molecule has 0 bridgehead atoms. The molecule has 0 unspecified atom stereocenters. The van der Waals surface area contributed by atoms with Crippen LogP contribution in [0.4, 0.5) is 49.6 Å². The molecule has 0 saturated heterocycles. The fourth-order valence-corrected chi connectivity index (χ4v) is 1.40. The molecule has 23 heavy (non-hydrogen) atoms. The van der Waals surface area contributed by atoms with Gasteiger partial charge in [-0.3, -0.25) is 10.1 Å². The van der Waals surface area contributed by atoms with Crippen molar-refractivity contribution in [2.24, 2.45) is 0 Å². The average molecular weight is 359 g/mol. The molecule has 3 nitrogen and oxygen atoms in total. The Morgan fingerprint density at radius 1 is 0.870 bits per heavy atom. The predicted molar refractivity (Wildman–Crippen MR) is 52.9 cm³/mol. The second-order valence-corrected chi connectivity index (χ2v) is 4.14. The summed E-state index contributed by atoms with van der Waals surface area (Å²) in [6.07, 6.45) is -7.02. The number of nitro benzene ring substituents is 1. The Labute approximate surface area is 119 Å². The molecule has 0 radical (unpaired) electrons. The van der Waals surface area contributed by atoms with E-state index in [4.69, 9.17) is 0 Å². The van der Waals surface area contributed by atoms with Crippen LogP contribution in [0.1, 0.15) is 5.56 Å². The lowest BCUT2D eigenvalue weighted by Crippen LogP contribution is -2.59. The molecule has 13 heteroatoms. The van der Waals surface area contributed by atoms with Crippen LogP contribution >= 0.6 is 0 Å². The number of hydrogen-bond acceptors (Lipinski definition) is 2. The highest BCUT2D eigenvalue weighted by atomic mass is 19.4. The molecule has 0 aromatic heterocycles. The first-order chi connectivity index (χ1) is 10.1. The molecule has 130 valence electrons. The minimum Gasteiger partial charge on any atom is -0.258 e. The molecule has 1 aromatic rings. The molecule has 0 atom stereocenters. The summed E-state index contributed by atoms with van der Waals surface area (Å²) in [5.41, 5.74) is -4.08. The molecule has 0 N–H and O–H groups in total. The quantitative estimate of drug-likeness (QED) is 0.446. The molecule has 0 aliphatic heterocycles. The minimum atomic E-state index is -7.15. The molecule has 0 heterocycles. The molecule has 0 aliphatic rings. The van der Waals surface area contributed by atoms with Crippen molar-refractivity contribution in [1.29, 1.82) is 0 Å². The molecular weight excluding hydrogens is 356 g/mol. The number of benzene rings is 1. The lowest BCUT2D eigenvalue weighted by atomic mass is 9.96. The smallest absolute Gasteiger partial charge is 0.258 e. The van der Waals surface area contributed by atoms with Gasteiger partial charge < -0.3 is 0 Å². The number of rotatable bonds is 4. The first-order valence-corrected chi connectivity index (χ1v) is 5.22. The summed E-state index contributed by atoms with van der Waals surface area (Å²) in [5.74, 6) is -22.1. The highest BCUT2D eigenvalue weighted by Crippen LogP contribution is 2.56. The molecule has 0 saturated carbocycles. The molecule has 0 aliphatic carbocycles. The molecule has 1 aromatic carbocycles. The Balaban J connectivity index is 3.52. The summed E-state index contributed by atoms with van der Waals surface area (Å²) in [6, 6.07) is -0.943. The summed E-state index contributed by atoms with van der Waals surface area (Å²) in [4.78, 5) is 8.67. The average Bonchev–Trinajstić information content (AvgIpc) is 2.36. The first-order valence-electron chi connectivity index (χ1n) is 5.22. The fourth-order valence-electron chi connectivity index (χ4n) is 1.40. The summed E-state index contributed by atoms with van der Waals surface area (Å²) < 4.78 is 127. The number of nitrogens with zero attached hydrogens (tertiary/aromatic N) is 1. The maximum absolute atomic E-state index is 13.5. The second kappa shape index (κ2) is 5.23. The maximum atomic E-state index is 13.5. The van der Waals surface area contributed by atoms with E-state index in [9.17, 15) is 54.0 Å². The van der Waals surface area contributed by atoms with E-state index in [2.05, 4.69) is 0 Å². The fraction of sp³-hybridized carbons (Fsp3) is 0.400. The highest BCUT2D eigenvalue weighted by molar-refractivity contribution is 5.39. The van der Waals surface area contributed by atoms with Crippen LogP contribution in [0.2, 0.25) is 0 Å². The molecule has 0 fully saturated rings. The second-order valence-electron chi connectivity index (χ2n) is 4.14. The van der Waals surface area contributed by atoms with Gasteiger partial charge in [-0.05, 0) is 12.1 Å². The summed E-state index contributed by atoms with van der Waals surface area (Å²) >= 11 is 0. The van der Waals surface area contributed by atoms with Crippen LogP contribution < -0.4 is 0 Å². The third kappa shape index (κ3) is 2.79. The number of hydrogen-bond donors (Lipinski definition) is 0. The molecule has 1 rings (SSSR count). The largest absolute Gasteiger partial charge is 0.460 e. The Morgan fingerprint density at radius 3 is 1.74 bits per heavy atom. The van der Waals surface area contributed by atoms with Gasteiger partial charge in [-0.2, -0.15) is 43.9 Å². The van der Waals surface area contributed by atoms with Crippen LogP contribution in [-0.4, -0.2) is 22.9 Å². The molecule has 0 amide bonds. The minimum absolute atomic E-state index is 0.136. The van der Waals surface area contributed by atoms with Gasteiger partial charge in [0, 0.05) is 11.6 Å². The van der Waals surface area contributed by atoms with Crippen molar-refractivity contribution < 1.29 is 48.8 Å². The SMILES string of the molecule is O=[N+]([O-])c1cc(C(F)(F)C(F)(F)C(F)(F)C(F)(F)F)ccc1F. The lowest BCUT2D eigenvalue weighted by molar-refractivity contribution is -0.400. The monoisotopic (exact) mass is 359 g/mol. The van der Waals surface area contributed by atoms with Gasteiger partial charge >= 0.3 is 29.6 Å². The van der Waals surface area contributed by atoms with Crippen molar-refractivity contribution in [2.75, 3.05) is 0 Å². The summed E-state index contributed by atoms with van der Waals surface area (Å²) in [6.45, 7) is 0. The van der Waals surface area contributed by atoms with Crippen molar-refractivity contribution >= 4 is 5.69 Å². The Bertz CT molecular complexity index is 625. The maximum Gasteiger partial charge on any atom is 0.460 e. The molecule has 0 spiro atoms. The van der Waals surface area contributed by atoms with Crippen LogP contribution in [0.25, 0.3) is 0 Å². The Morgan fingerprint density at radius 2 is 1.35 bits per heavy atom. The van der Waals surface area contributed by atoms with Crippen molar-refractivity contribution in [1.82, 2.24) is 0 Å². The van der Waals surface area contributed by atoms with Crippen LogP contribution in [-0.2, 0) is 5.92 Å². The third-order valence-electron chi connectivity index (χ3n) is 2.65. The van der Waals surface area contributed by atoms with Crippen LogP contribution in [0.15, 0.2) is 18.2 Å². The van der Waals surface area contributed by atoms with Gasteiger partial charge in [0.15, 0.2) is 0 Å². The number of nitro groups is 1.